The van der Waals surface area contributed by atoms with Crippen LogP contribution < -0.4 is 16.0 Å². The number of aryl methyl sites for hydroxylation is 2. The molecular weight excluding hydrogens is 292 g/mol. The Morgan fingerprint density at radius 1 is 1.43 bits per heavy atom. The van der Waals surface area contributed by atoms with E-state index in [1.165, 1.54) is 0 Å². The van der Waals surface area contributed by atoms with Crippen molar-refractivity contribution in [2.24, 2.45) is 5.84 Å². The third kappa shape index (κ3) is 3.31. The second-order valence-corrected chi connectivity index (χ2v) is 4.96. The fourth-order valence-corrected chi connectivity index (χ4v) is 2.34. The monoisotopic (exact) mass is 310 g/mol. The Labute approximate surface area is 128 Å². The zero-order chi connectivity index (χ0) is 15.4. The van der Waals surface area contributed by atoms with E-state index < -0.39 is 0 Å². The van der Waals surface area contributed by atoms with E-state index in [1.54, 1.807) is 13.2 Å². The molecule has 8 heteroatoms. The lowest BCUT2D eigenvalue weighted by molar-refractivity contribution is 0.389. The molecule has 0 saturated carbocycles. The van der Waals surface area contributed by atoms with Gasteiger partial charge in [-0.05, 0) is 19.9 Å². The quantitative estimate of drug-likeness (QED) is 0.619. The van der Waals surface area contributed by atoms with Crippen molar-refractivity contribution in [2.75, 3.05) is 7.11 Å². The average Bonchev–Trinajstić information content (AvgIpc) is 2.80. The van der Waals surface area contributed by atoms with Gasteiger partial charge in [-0.2, -0.15) is 10.2 Å². The van der Waals surface area contributed by atoms with E-state index in [4.69, 9.17) is 22.2 Å². The SMILES string of the molecule is CCn1nc(C)c(Cl)c1CC(NN)c1ccc(OC)nn1. The number of hydrogen-bond acceptors (Lipinski definition) is 6. The van der Waals surface area contributed by atoms with Gasteiger partial charge in [-0.15, -0.1) is 5.10 Å². The highest BCUT2D eigenvalue weighted by Gasteiger charge is 2.19. The van der Waals surface area contributed by atoms with Crippen LogP contribution in [0.4, 0.5) is 0 Å². The highest BCUT2D eigenvalue weighted by atomic mass is 35.5. The molecule has 0 aliphatic heterocycles. The number of nitrogens with zero attached hydrogens (tertiary/aromatic N) is 4. The summed E-state index contributed by atoms with van der Waals surface area (Å²) >= 11 is 6.32. The molecule has 0 aromatic carbocycles. The van der Waals surface area contributed by atoms with Gasteiger partial charge in [0.25, 0.3) is 0 Å². The first kappa shape index (κ1) is 15.7. The molecule has 2 rings (SSSR count). The number of hydrogen-bond donors (Lipinski definition) is 2. The van der Waals surface area contributed by atoms with Gasteiger partial charge in [-0.25, -0.2) is 0 Å². The first-order valence-corrected chi connectivity index (χ1v) is 7.04. The normalized spacial score (nSPS) is 12.4. The summed E-state index contributed by atoms with van der Waals surface area (Å²) in [6.07, 6.45) is 0.574. The second kappa shape index (κ2) is 6.84. The molecule has 21 heavy (non-hydrogen) atoms. The maximum atomic E-state index is 6.32. The van der Waals surface area contributed by atoms with Crippen molar-refractivity contribution in [1.29, 1.82) is 0 Å². The Bertz CT molecular complexity index is 597. The topological polar surface area (TPSA) is 90.9 Å². The molecule has 0 saturated heterocycles. The Balaban J connectivity index is 2.26. The van der Waals surface area contributed by atoms with Gasteiger partial charge in [0.2, 0.25) is 5.88 Å². The summed E-state index contributed by atoms with van der Waals surface area (Å²) in [5.74, 6) is 6.11. The van der Waals surface area contributed by atoms with Crippen LogP contribution in [0.25, 0.3) is 0 Å². The third-order valence-corrected chi connectivity index (χ3v) is 3.77. The van der Waals surface area contributed by atoms with Crippen molar-refractivity contribution in [3.05, 3.63) is 34.2 Å². The van der Waals surface area contributed by atoms with Crippen LogP contribution in [0.1, 0.15) is 30.0 Å². The van der Waals surface area contributed by atoms with Crippen LogP contribution in [0.15, 0.2) is 12.1 Å². The molecule has 2 aromatic heterocycles. The van der Waals surface area contributed by atoms with E-state index in [2.05, 4.69) is 20.7 Å². The highest BCUT2D eigenvalue weighted by molar-refractivity contribution is 6.31. The Hall–Kier alpha value is -1.70. The first-order chi connectivity index (χ1) is 10.1. The van der Waals surface area contributed by atoms with Crippen LogP contribution in [0.3, 0.4) is 0 Å². The van der Waals surface area contributed by atoms with Gasteiger partial charge in [0, 0.05) is 19.0 Å². The number of nitrogens with one attached hydrogen (secondary N) is 1. The number of ether oxygens (including phenoxy) is 1. The maximum Gasteiger partial charge on any atom is 0.233 e. The molecule has 114 valence electrons. The van der Waals surface area contributed by atoms with Crippen LogP contribution in [0.5, 0.6) is 5.88 Å². The smallest absolute Gasteiger partial charge is 0.233 e. The fraction of sp³-hybridized carbons (Fsp3) is 0.462. The summed E-state index contributed by atoms with van der Waals surface area (Å²) in [6.45, 7) is 4.65. The van der Waals surface area contributed by atoms with Crippen molar-refractivity contribution >= 4 is 11.6 Å². The van der Waals surface area contributed by atoms with Gasteiger partial charge in [0.15, 0.2) is 0 Å². The summed E-state index contributed by atoms with van der Waals surface area (Å²) in [7, 11) is 1.55. The van der Waals surface area contributed by atoms with Crippen LogP contribution >= 0.6 is 11.6 Å². The van der Waals surface area contributed by atoms with E-state index in [0.717, 1.165) is 23.6 Å². The molecule has 2 heterocycles. The van der Waals surface area contributed by atoms with Crippen LogP contribution in [-0.4, -0.2) is 27.1 Å². The van der Waals surface area contributed by atoms with Gasteiger partial charge >= 0.3 is 0 Å². The molecule has 3 N–H and O–H groups in total. The number of halogens is 1. The standard InChI is InChI=1S/C13H19ClN6O/c1-4-20-11(13(14)8(2)19-20)7-10(16-15)9-5-6-12(21-3)18-17-9/h5-6,10,16H,4,7,15H2,1-3H3. The predicted octanol–water partition coefficient (Wildman–Crippen LogP) is 1.41. The second-order valence-electron chi connectivity index (χ2n) is 4.59. The summed E-state index contributed by atoms with van der Waals surface area (Å²) < 4.78 is 6.87. The Morgan fingerprint density at radius 2 is 2.19 bits per heavy atom. The van der Waals surface area contributed by atoms with E-state index in [-0.39, 0.29) is 6.04 Å². The molecule has 0 amide bonds. The van der Waals surface area contributed by atoms with Gasteiger partial charge < -0.3 is 4.74 Å². The van der Waals surface area contributed by atoms with Crippen LogP contribution in [0.2, 0.25) is 5.02 Å². The zero-order valence-corrected chi connectivity index (χ0v) is 13.1. The molecule has 0 spiro atoms. The number of rotatable bonds is 6. The lowest BCUT2D eigenvalue weighted by atomic mass is 10.1. The van der Waals surface area contributed by atoms with Crippen LogP contribution in [0, 0.1) is 6.92 Å². The number of nitrogens with two attached hydrogens (primary N) is 1. The molecule has 0 aliphatic rings. The summed E-state index contributed by atoms with van der Waals surface area (Å²) in [4.78, 5) is 0. The van der Waals surface area contributed by atoms with Gasteiger partial charge in [-0.1, -0.05) is 11.6 Å². The van der Waals surface area contributed by atoms with Crippen molar-refractivity contribution in [3.8, 4) is 5.88 Å². The van der Waals surface area contributed by atoms with E-state index in [9.17, 15) is 0 Å². The third-order valence-electron chi connectivity index (χ3n) is 3.28. The average molecular weight is 311 g/mol. The molecule has 1 atom stereocenters. The van der Waals surface area contributed by atoms with Crippen molar-refractivity contribution in [3.63, 3.8) is 0 Å². The zero-order valence-electron chi connectivity index (χ0n) is 12.3. The molecule has 0 bridgehead atoms. The lowest BCUT2D eigenvalue weighted by Gasteiger charge is -2.16. The Kier molecular flexibility index (Phi) is 5.11. The molecule has 1 unspecified atom stereocenters. The molecule has 7 nitrogen and oxygen atoms in total. The van der Waals surface area contributed by atoms with E-state index in [1.807, 2.05) is 24.6 Å². The minimum Gasteiger partial charge on any atom is -0.480 e. The number of aromatic nitrogens is 4. The molecule has 0 aliphatic carbocycles. The number of hydrazine groups is 1. The highest BCUT2D eigenvalue weighted by Crippen LogP contribution is 2.25. The van der Waals surface area contributed by atoms with E-state index in [0.29, 0.717) is 17.3 Å². The summed E-state index contributed by atoms with van der Waals surface area (Å²) in [5, 5.41) is 13.1. The van der Waals surface area contributed by atoms with Gasteiger partial charge in [-0.3, -0.25) is 16.0 Å². The summed E-state index contributed by atoms with van der Waals surface area (Å²) in [5.41, 5.74) is 5.21. The Morgan fingerprint density at radius 3 is 2.71 bits per heavy atom. The van der Waals surface area contributed by atoms with Gasteiger partial charge in [0.05, 0.1) is 35.3 Å². The molecule has 2 aromatic rings. The predicted molar refractivity (Wildman–Crippen MR) is 80.0 cm³/mol. The fourth-order valence-electron chi connectivity index (χ4n) is 2.13. The van der Waals surface area contributed by atoms with Crippen LogP contribution in [-0.2, 0) is 13.0 Å². The van der Waals surface area contributed by atoms with E-state index >= 15 is 0 Å². The minimum atomic E-state index is -0.206. The molecule has 0 radical (unpaired) electrons. The van der Waals surface area contributed by atoms with Crippen molar-refractivity contribution in [1.82, 2.24) is 25.4 Å². The lowest BCUT2D eigenvalue weighted by Crippen LogP contribution is -2.31. The van der Waals surface area contributed by atoms with Crippen molar-refractivity contribution < 1.29 is 4.74 Å². The van der Waals surface area contributed by atoms with Crippen molar-refractivity contribution in [2.45, 2.75) is 32.9 Å². The molecule has 0 fully saturated rings. The van der Waals surface area contributed by atoms with Gasteiger partial charge in [0.1, 0.15) is 0 Å². The maximum absolute atomic E-state index is 6.32. The minimum absolute atomic E-state index is 0.206. The molecular formula is C13H19ClN6O. The largest absolute Gasteiger partial charge is 0.480 e. The number of methoxy groups -OCH3 is 1. The first-order valence-electron chi connectivity index (χ1n) is 6.66. The summed E-state index contributed by atoms with van der Waals surface area (Å²) in [6, 6.07) is 3.36.